The van der Waals surface area contributed by atoms with Crippen molar-refractivity contribution in [3.8, 4) is 0 Å². The molecule has 0 unspecified atom stereocenters. The van der Waals surface area contributed by atoms with Gasteiger partial charge in [-0.25, -0.2) is 4.98 Å². The zero-order valence-corrected chi connectivity index (χ0v) is 3.81. The summed E-state index contributed by atoms with van der Waals surface area (Å²) in [7, 11) is 0. The van der Waals surface area contributed by atoms with Gasteiger partial charge in [-0.15, -0.1) is 0 Å². The van der Waals surface area contributed by atoms with Gasteiger partial charge in [-0.3, -0.25) is 0 Å². The number of nitrogens with zero attached hydrogens (tertiary/aromatic N) is 1. The molecule has 0 spiro atoms. The number of nitrogens with two attached hydrogens (primary N) is 1. The molecule has 0 saturated heterocycles. The number of aromatic nitrogens is 2. The van der Waals surface area contributed by atoms with Crippen LogP contribution in [0.2, 0.25) is 0 Å². The molecule has 3 nitrogen and oxygen atoms in total. The number of nitrogen functional groups attached to an aromatic ring is 1. The van der Waals surface area contributed by atoms with Gasteiger partial charge in [0.15, 0.2) is 5.95 Å². The van der Waals surface area contributed by atoms with Crippen molar-refractivity contribution in [3.63, 3.8) is 0 Å². The number of nitrogens with one attached hydrogen (secondary N) is 1. The van der Waals surface area contributed by atoms with Crippen LogP contribution in [0.3, 0.4) is 0 Å². The highest BCUT2D eigenvalue weighted by atomic mass is 15.0. The van der Waals surface area contributed by atoms with Crippen LogP contribution in [0.15, 0.2) is 6.20 Å². The molecular formula is C4H6N3. The Balaban J connectivity index is 3.04. The molecule has 0 saturated carbocycles. The Morgan fingerprint density at radius 2 is 2.57 bits per heavy atom. The average molecular weight is 96.1 g/mol. The molecule has 0 aromatic carbocycles. The normalized spacial score (nSPS) is 9.29. The van der Waals surface area contributed by atoms with E-state index in [4.69, 9.17) is 5.73 Å². The van der Waals surface area contributed by atoms with E-state index in [-0.39, 0.29) is 0 Å². The van der Waals surface area contributed by atoms with Gasteiger partial charge >= 0.3 is 0 Å². The van der Waals surface area contributed by atoms with Gasteiger partial charge in [-0.1, -0.05) is 0 Å². The summed E-state index contributed by atoms with van der Waals surface area (Å²) in [5, 5.41) is 0. The van der Waals surface area contributed by atoms with Gasteiger partial charge in [0.05, 0.1) is 6.20 Å². The largest absolute Gasteiger partial charge is 0.369 e. The van der Waals surface area contributed by atoms with E-state index in [1.54, 1.807) is 6.20 Å². The van der Waals surface area contributed by atoms with Gasteiger partial charge in [-0.05, 0) is 6.92 Å². The van der Waals surface area contributed by atoms with Gasteiger partial charge in [0, 0.05) is 5.69 Å². The average Bonchev–Trinajstić information content (AvgIpc) is 1.87. The number of rotatable bonds is 0. The molecule has 1 aromatic heterocycles. The van der Waals surface area contributed by atoms with Crippen LogP contribution >= 0.6 is 0 Å². The molecule has 1 rings (SSSR count). The van der Waals surface area contributed by atoms with E-state index in [0.717, 1.165) is 5.69 Å². The van der Waals surface area contributed by atoms with Crippen LogP contribution in [0.25, 0.3) is 0 Å². The standard InChI is InChI=1S/C4H6N3/c1-3-2-6-4(5)7-3/h2H,1H2,(H3,5,6,7). The molecule has 0 aliphatic rings. The van der Waals surface area contributed by atoms with Crippen molar-refractivity contribution in [2.75, 3.05) is 5.73 Å². The highest BCUT2D eigenvalue weighted by Crippen LogP contribution is 1.92. The summed E-state index contributed by atoms with van der Waals surface area (Å²) in [5.41, 5.74) is 5.92. The molecule has 1 heterocycles. The Morgan fingerprint density at radius 1 is 1.86 bits per heavy atom. The number of hydrogen-bond acceptors (Lipinski definition) is 2. The number of H-pyrrole nitrogens is 1. The lowest BCUT2D eigenvalue weighted by atomic mass is 10.6. The van der Waals surface area contributed by atoms with Crippen LogP contribution in [0, 0.1) is 6.92 Å². The summed E-state index contributed by atoms with van der Waals surface area (Å²) in [6, 6.07) is 0. The third kappa shape index (κ3) is 0.707. The lowest BCUT2D eigenvalue weighted by Gasteiger charge is -1.75. The maximum absolute atomic E-state index is 5.17. The van der Waals surface area contributed by atoms with Crippen LogP contribution < -0.4 is 5.73 Å². The second-order valence-electron chi connectivity index (χ2n) is 1.29. The highest BCUT2D eigenvalue weighted by molar-refractivity contribution is 5.19. The van der Waals surface area contributed by atoms with Crippen molar-refractivity contribution in [3.05, 3.63) is 18.8 Å². The van der Waals surface area contributed by atoms with E-state index in [1.165, 1.54) is 0 Å². The van der Waals surface area contributed by atoms with Crippen LogP contribution in [-0.4, -0.2) is 9.97 Å². The van der Waals surface area contributed by atoms with Gasteiger partial charge in [0.1, 0.15) is 0 Å². The zero-order chi connectivity index (χ0) is 5.28. The first-order chi connectivity index (χ1) is 3.29. The van der Waals surface area contributed by atoms with Crippen molar-refractivity contribution in [2.45, 2.75) is 0 Å². The Kier molecular flexibility index (Phi) is 0.749. The van der Waals surface area contributed by atoms with Gasteiger partial charge in [-0.2, -0.15) is 0 Å². The van der Waals surface area contributed by atoms with E-state index in [9.17, 15) is 0 Å². The van der Waals surface area contributed by atoms with Crippen LogP contribution in [0.4, 0.5) is 5.95 Å². The first-order valence-electron chi connectivity index (χ1n) is 1.91. The summed E-state index contributed by atoms with van der Waals surface area (Å²) in [6.45, 7) is 3.54. The van der Waals surface area contributed by atoms with E-state index in [1.807, 2.05) is 0 Å². The van der Waals surface area contributed by atoms with E-state index < -0.39 is 0 Å². The lowest BCUT2D eigenvalue weighted by molar-refractivity contribution is 1.31. The molecule has 0 atom stereocenters. The summed E-state index contributed by atoms with van der Waals surface area (Å²) in [6.07, 6.45) is 1.58. The minimum absolute atomic E-state index is 0.421. The third-order valence-corrected chi connectivity index (χ3v) is 0.648. The smallest absolute Gasteiger partial charge is 0.197 e. The SMILES string of the molecule is [CH2]c1cnc(N)[nH]1. The second kappa shape index (κ2) is 1.26. The minimum atomic E-state index is 0.421. The summed E-state index contributed by atoms with van der Waals surface area (Å²) in [5.74, 6) is 0.421. The first-order valence-corrected chi connectivity index (χ1v) is 1.91. The molecule has 0 bridgehead atoms. The van der Waals surface area contributed by atoms with Gasteiger partial charge in [0.25, 0.3) is 0 Å². The summed E-state index contributed by atoms with van der Waals surface area (Å²) < 4.78 is 0. The van der Waals surface area contributed by atoms with Crippen molar-refractivity contribution in [1.82, 2.24) is 9.97 Å². The lowest BCUT2D eigenvalue weighted by Crippen LogP contribution is -1.84. The van der Waals surface area contributed by atoms with Crippen molar-refractivity contribution in [2.24, 2.45) is 0 Å². The predicted molar refractivity (Wildman–Crippen MR) is 27.5 cm³/mol. The van der Waals surface area contributed by atoms with Gasteiger partial charge in [0.2, 0.25) is 0 Å². The number of imidazole rings is 1. The minimum Gasteiger partial charge on any atom is -0.369 e. The predicted octanol–water partition coefficient (Wildman–Crippen LogP) is 0.174. The Labute approximate surface area is 41.6 Å². The molecular weight excluding hydrogens is 90.1 g/mol. The maximum atomic E-state index is 5.17. The number of anilines is 1. The fraction of sp³-hybridized carbons (Fsp3) is 0. The monoisotopic (exact) mass is 96.1 g/mol. The van der Waals surface area contributed by atoms with E-state index in [0.29, 0.717) is 5.95 Å². The summed E-state index contributed by atoms with van der Waals surface area (Å²) >= 11 is 0. The van der Waals surface area contributed by atoms with Crippen molar-refractivity contribution < 1.29 is 0 Å². The molecule has 0 amide bonds. The van der Waals surface area contributed by atoms with Crippen LogP contribution in [0.5, 0.6) is 0 Å². The van der Waals surface area contributed by atoms with Crippen molar-refractivity contribution in [1.29, 1.82) is 0 Å². The number of aromatic amines is 1. The second-order valence-corrected chi connectivity index (χ2v) is 1.29. The Hall–Kier alpha value is -0.990. The topological polar surface area (TPSA) is 54.7 Å². The molecule has 3 heteroatoms. The molecule has 1 aromatic rings. The molecule has 0 aliphatic carbocycles. The van der Waals surface area contributed by atoms with E-state index in [2.05, 4.69) is 16.9 Å². The molecule has 37 valence electrons. The first kappa shape index (κ1) is 4.18. The zero-order valence-electron chi connectivity index (χ0n) is 3.81. The van der Waals surface area contributed by atoms with E-state index >= 15 is 0 Å². The third-order valence-electron chi connectivity index (χ3n) is 0.648. The Morgan fingerprint density at radius 3 is 2.71 bits per heavy atom. The summed E-state index contributed by atoms with van der Waals surface area (Å²) in [4.78, 5) is 6.37. The molecule has 1 radical (unpaired) electrons. The fourth-order valence-corrected chi connectivity index (χ4v) is 0.377. The quantitative estimate of drug-likeness (QED) is 0.484. The number of hydrogen-bond donors (Lipinski definition) is 2. The highest BCUT2D eigenvalue weighted by Gasteiger charge is 1.84. The molecule has 7 heavy (non-hydrogen) atoms. The molecule has 3 N–H and O–H groups in total. The Bertz CT molecular complexity index is 139. The van der Waals surface area contributed by atoms with Crippen LogP contribution in [-0.2, 0) is 0 Å². The van der Waals surface area contributed by atoms with Gasteiger partial charge < -0.3 is 10.7 Å². The van der Waals surface area contributed by atoms with Crippen molar-refractivity contribution >= 4 is 5.95 Å². The molecule has 0 aliphatic heterocycles. The maximum Gasteiger partial charge on any atom is 0.197 e. The fourth-order valence-electron chi connectivity index (χ4n) is 0.377. The molecule has 0 fully saturated rings. The van der Waals surface area contributed by atoms with Crippen LogP contribution in [0.1, 0.15) is 5.69 Å².